The SMILES string of the molecule is CCCS(=O)(=O)NC[C@@H](c1ccco1)S(=O)(=O)c1ccc(C(C)C)cc1. The Morgan fingerprint density at radius 3 is 2.19 bits per heavy atom. The third-order valence-electron chi connectivity index (χ3n) is 4.07. The Balaban J connectivity index is 2.35. The van der Waals surface area contributed by atoms with E-state index in [1.54, 1.807) is 43.3 Å². The summed E-state index contributed by atoms with van der Waals surface area (Å²) in [5.74, 6) is 0.437. The van der Waals surface area contributed by atoms with Gasteiger partial charge in [-0.2, -0.15) is 0 Å². The van der Waals surface area contributed by atoms with Gasteiger partial charge in [0.15, 0.2) is 9.84 Å². The van der Waals surface area contributed by atoms with Crippen LogP contribution in [0.25, 0.3) is 0 Å². The van der Waals surface area contributed by atoms with Crippen LogP contribution in [0.15, 0.2) is 52.0 Å². The number of benzene rings is 1. The van der Waals surface area contributed by atoms with Gasteiger partial charge in [0.2, 0.25) is 10.0 Å². The Bertz CT molecular complexity index is 899. The second-order valence-corrected chi connectivity index (χ2v) is 10.5. The molecule has 8 heteroatoms. The summed E-state index contributed by atoms with van der Waals surface area (Å²) in [7, 11) is -7.36. The quantitative estimate of drug-likeness (QED) is 0.699. The summed E-state index contributed by atoms with van der Waals surface area (Å²) < 4.78 is 57.7. The standard InChI is InChI=1S/C18H25NO5S2/c1-4-12-25(20,21)19-13-18(17-6-5-11-24-17)26(22,23)16-9-7-15(8-10-16)14(2)3/h5-11,14,18-19H,4,12-13H2,1-3H3/t18-/m0/s1. The molecule has 2 rings (SSSR count). The van der Waals surface area contributed by atoms with Crippen LogP contribution in [0.5, 0.6) is 0 Å². The van der Waals surface area contributed by atoms with Gasteiger partial charge in [-0.25, -0.2) is 21.6 Å². The summed E-state index contributed by atoms with van der Waals surface area (Å²) in [6.07, 6.45) is 1.82. The van der Waals surface area contributed by atoms with Gasteiger partial charge in [-0.1, -0.05) is 32.9 Å². The van der Waals surface area contributed by atoms with E-state index in [9.17, 15) is 16.8 Å². The van der Waals surface area contributed by atoms with Gasteiger partial charge < -0.3 is 4.42 Å². The van der Waals surface area contributed by atoms with Crippen molar-refractivity contribution < 1.29 is 21.3 Å². The second kappa shape index (κ2) is 8.37. The van der Waals surface area contributed by atoms with Crippen LogP contribution in [0.3, 0.4) is 0 Å². The summed E-state index contributed by atoms with van der Waals surface area (Å²) >= 11 is 0. The predicted molar refractivity (Wildman–Crippen MR) is 101 cm³/mol. The maximum Gasteiger partial charge on any atom is 0.211 e. The monoisotopic (exact) mass is 399 g/mol. The Morgan fingerprint density at radius 1 is 1.04 bits per heavy atom. The van der Waals surface area contributed by atoms with E-state index in [2.05, 4.69) is 4.72 Å². The molecule has 0 unspecified atom stereocenters. The van der Waals surface area contributed by atoms with Crippen molar-refractivity contribution in [1.29, 1.82) is 0 Å². The van der Waals surface area contributed by atoms with E-state index >= 15 is 0 Å². The van der Waals surface area contributed by atoms with Crippen molar-refractivity contribution in [3.8, 4) is 0 Å². The highest BCUT2D eigenvalue weighted by atomic mass is 32.2. The first-order chi connectivity index (χ1) is 12.2. The fraction of sp³-hybridized carbons (Fsp3) is 0.444. The first-order valence-corrected chi connectivity index (χ1v) is 11.7. The van der Waals surface area contributed by atoms with E-state index in [4.69, 9.17) is 4.42 Å². The zero-order chi connectivity index (χ0) is 19.4. The molecule has 0 saturated carbocycles. The van der Waals surface area contributed by atoms with Gasteiger partial charge in [-0.15, -0.1) is 0 Å². The molecule has 1 aromatic carbocycles. The summed E-state index contributed by atoms with van der Waals surface area (Å²) in [4.78, 5) is 0.137. The van der Waals surface area contributed by atoms with Crippen molar-refractivity contribution in [2.45, 2.75) is 43.3 Å². The lowest BCUT2D eigenvalue weighted by atomic mass is 10.0. The molecule has 0 radical (unpaired) electrons. The highest BCUT2D eigenvalue weighted by molar-refractivity contribution is 7.92. The highest BCUT2D eigenvalue weighted by Crippen LogP contribution is 2.30. The molecule has 1 N–H and O–H groups in total. The first-order valence-electron chi connectivity index (χ1n) is 8.52. The smallest absolute Gasteiger partial charge is 0.211 e. The van der Waals surface area contributed by atoms with Crippen molar-refractivity contribution in [1.82, 2.24) is 4.72 Å². The van der Waals surface area contributed by atoms with Gasteiger partial charge >= 0.3 is 0 Å². The molecule has 26 heavy (non-hydrogen) atoms. The molecule has 0 fully saturated rings. The number of nitrogens with one attached hydrogen (secondary N) is 1. The van der Waals surface area contributed by atoms with E-state index in [1.807, 2.05) is 13.8 Å². The first kappa shape index (κ1) is 20.7. The van der Waals surface area contributed by atoms with Gasteiger partial charge in [0.05, 0.1) is 16.9 Å². The molecule has 0 aliphatic carbocycles. The molecule has 6 nitrogen and oxygen atoms in total. The summed E-state index contributed by atoms with van der Waals surface area (Å²) in [5, 5.41) is -1.13. The Hall–Kier alpha value is -1.64. The molecule has 0 bridgehead atoms. The van der Waals surface area contributed by atoms with Crippen LogP contribution in [-0.2, 0) is 19.9 Å². The lowest BCUT2D eigenvalue weighted by molar-refractivity contribution is 0.486. The van der Waals surface area contributed by atoms with E-state index in [0.717, 1.165) is 5.56 Å². The lowest BCUT2D eigenvalue weighted by Gasteiger charge is -2.17. The molecular weight excluding hydrogens is 374 g/mol. The van der Waals surface area contributed by atoms with E-state index in [-0.39, 0.29) is 28.9 Å². The van der Waals surface area contributed by atoms with Crippen LogP contribution >= 0.6 is 0 Å². The number of sulfonamides is 1. The maximum atomic E-state index is 13.1. The number of sulfone groups is 1. The van der Waals surface area contributed by atoms with Gasteiger partial charge in [0.25, 0.3) is 0 Å². The molecule has 0 saturated heterocycles. The molecule has 0 amide bonds. The number of furan rings is 1. The molecule has 144 valence electrons. The van der Waals surface area contributed by atoms with Crippen molar-refractivity contribution >= 4 is 19.9 Å². The Morgan fingerprint density at radius 2 is 1.69 bits per heavy atom. The topological polar surface area (TPSA) is 93.4 Å². The summed E-state index contributed by atoms with van der Waals surface area (Å²) in [5.41, 5.74) is 1.03. The predicted octanol–water partition coefficient (Wildman–Crippen LogP) is 3.25. The zero-order valence-corrected chi connectivity index (χ0v) is 16.8. The summed E-state index contributed by atoms with van der Waals surface area (Å²) in [6, 6.07) is 9.79. The minimum Gasteiger partial charge on any atom is -0.468 e. The van der Waals surface area contributed by atoms with Crippen LogP contribution in [-0.4, -0.2) is 29.1 Å². The van der Waals surface area contributed by atoms with Crippen molar-refractivity contribution in [3.05, 3.63) is 54.0 Å². The van der Waals surface area contributed by atoms with Crippen LogP contribution in [0, 0.1) is 0 Å². The van der Waals surface area contributed by atoms with Crippen molar-refractivity contribution in [2.24, 2.45) is 0 Å². The molecule has 0 aliphatic rings. The van der Waals surface area contributed by atoms with E-state index in [0.29, 0.717) is 6.42 Å². The number of hydrogen-bond donors (Lipinski definition) is 1. The molecule has 1 atom stereocenters. The Kier molecular flexibility index (Phi) is 6.65. The molecule has 0 spiro atoms. The molecule has 2 aromatic rings. The molecule has 1 aromatic heterocycles. The second-order valence-electron chi connectivity index (χ2n) is 6.44. The van der Waals surface area contributed by atoms with Gasteiger partial charge in [-0.3, -0.25) is 0 Å². The minimum atomic E-state index is -3.82. The van der Waals surface area contributed by atoms with Crippen LogP contribution in [0.1, 0.15) is 49.7 Å². The van der Waals surface area contributed by atoms with Crippen LogP contribution in [0.4, 0.5) is 0 Å². The highest BCUT2D eigenvalue weighted by Gasteiger charge is 2.32. The van der Waals surface area contributed by atoms with E-state index < -0.39 is 25.1 Å². The number of rotatable bonds is 9. The molecule has 1 heterocycles. The van der Waals surface area contributed by atoms with Gasteiger partial charge in [0, 0.05) is 6.54 Å². The largest absolute Gasteiger partial charge is 0.468 e. The molecule has 0 aliphatic heterocycles. The van der Waals surface area contributed by atoms with Crippen LogP contribution < -0.4 is 4.72 Å². The summed E-state index contributed by atoms with van der Waals surface area (Å²) in [6.45, 7) is 5.52. The van der Waals surface area contributed by atoms with Crippen LogP contribution in [0.2, 0.25) is 0 Å². The fourth-order valence-electron chi connectivity index (χ4n) is 2.59. The Labute approximate surface area is 155 Å². The third kappa shape index (κ3) is 4.96. The maximum absolute atomic E-state index is 13.1. The molecular formula is C18H25NO5S2. The normalized spacial score (nSPS) is 13.8. The van der Waals surface area contributed by atoms with Crippen molar-refractivity contribution in [2.75, 3.05) is 12.3 Å². The van der Waals surface area contributed by atoms with Crippen molar-refractivity contribution in [3.63, 3.8) is 0 Å². The zero-order valence-electron chi connectivity index (χ0n) is 15.2. The van der Waals surface area contributed by atoms with Gasteiger partial charge in [-0.05, 0) is 42.2 Å². The lowest BCUT2D eigenvalue weighted by Crippen LogP contribution is -2.33. The minimum absolute atomic E-state index is 0.0546. The van der Waals surface area contributed by atoms with E-state index in [1.165, 1.54) is 6.26 Å². The average molecular weight is 400 g/mol. The third-order valence-corrected chi connectivity index (χ3v) is 7.70. The van der Waals surface area contributed by atoms with Gasteiger partial charge in [0.1, 0.15) is 11.0 Å². The number of hydrogen-bond acceptors (Lipinski definition) is 5. The fourth-order valence-corrected chi connectivity index (χ4v) is 5.38. The average Bonchev–Trinajstić information content (AvgIpc) is 3.08.